The number of nitrogens with one attached hydrogen (secondary N) is 2. The summed E-state index contributed by atoms with van der Waals surface area (Å²) in [6.07, 6.45) is 4.51. The fourth-order valence-electron chi connectivity index (χ4n) is 3.72. The molecule has 0 aliphatic rings. The molecule has 0 saturated carbocycles. The lowest BCUT2D eigenvalue weighted by Crippen LogP contribution is -2.42. The van der Waals surface area contributed by atoms with Gasteiger partial charge in [-0.15, -0.1) is 10.2 Å². The maximum absolute atomic E-state index is 14.3. The van der Waals surface area contributed by atoms with Crippen molar-refractivity contribution in [3.8, 4) is 17.5 Å². The Kier molecular flexibility index (Phi) is 5.98. The van der Waals surface area contributed by atoms with Crippen LogP contribution in [0.25, 0.3) is 22.6 Å². The predicted molar refractivity (Wildman–Crippen MR) is 133 cm³/mol. The average molecular weight is 500 g/mol. The maximum atomic E-state index is 14.3. The van der Waals surface area contributed by atoms with Gasteiger partial charge in [-0.3, -0.25) is 14.2 Å². The minimum atomic E-state index is -1.66. The molecule has 3 N–H and O–H groups in total. The number of halogens is 1. The molecule has 11 nitrogen and oxygen atoms in total. The number of rotatable bonds is 7. The van der Waals surface area contributed by atoms with Gasteiger partial charge in [-0.1, -0.05) is 0 Å². The van der Waals surface area contributed by atoms with Crippen LogP contribution in [0.15, 0.2) is 61.3 Å². The van der Waals surface area contributed by atoms with Crippen molar-refractivity contribution < 1.29 is 14.3 Å². The summed E-state index contributed by atoms with van der Waals surface area (Å²) in [5.74, 6) is -0.560. The molecule has 0 saturated heterocycles. The molecule has 5 aromatic rings. The largest absolute Gasteiger partial charge is 0.387 e. The van der Waals surface area contributed by atoms with Gasteiger partial charge in [-0.2, -0.15) is 10.4 Å². The smallest absolute Gasteiger partial charge is 0.255 e. The molecule has 1 atom stereocenters. The third-order valence-electron chi connectivity index (χ3n) is 5.82. The summed E-state index contributed by atoms with van der Waals surface area (Å²) < 4.78 is 17.6. The fourth-order valence-corrected chi connectivity index (χ4v) is 3.72. The minimum Gasteiger partial charge on any atom is -0.387 e. The quantitative estimate of drug-likeness (QED) is 0.310. The number of carbonyl (C=O) groups excluding carboxylic acids is 1. The Bertz CT molecular complexity index is 1660. The van der Waals surface area contributed by atoms with Crippen molar-refractivity contribution in [1.29, 1.82) is 5.26 Å². The van der Waals surface area contributed by atoms with E-state index < -0.39 is 17.7 Å². The second-order valence-corrected chi connectivity index (χ2v) is 9.00. The summed E-state index contributed by atoms with van der Waals surface area (Å²) in [7, 11) is 0. The normalized spacial score (nSPS) is 12.4. The number of aromatic nitrogens is 6. The van der Waals surface area contributed by atoms with E-state index in [4.69, 9.17) is 5.26 Å². The van der Waals surface area contributed by atoms with Crippen LogP contribution in [0.5, 0.6) is 0 Å². The SMILES string of the molecule is CC(C)(O)C(F)CNC(=O)c1cnc(-c2ccc3cc(C#N)cnn23)cc1Nc1ccc2nncn2c1. The van der Waals surface area contributed by atoms with E-state index >= 15 is 0 Å². The number of pyridine rings is 2. The molecule has 1 amide bonds. The Morgan fingerprint density at radius 3 is 2.86 bits per heavy atom. The average Bonchev–Trinajstić information content (AvgIpc) is 3.52. The van der Waals surface area contributed by atoms with Gasteiger partial charge in [0, 0.05) is 12.4 Å². The van der Waals surface area contributed by atoms with Gasteiger partial charge in [-0.25, -0.2) is 8.91 Å². The molecule has 0 aliphatic carbocycles. The van der Waals surface area contributed by atoms with E-state index in [1.54, 1.807) is 45.7 Å². The fraction of sp³-hybridized carbons (Fsp3) is 0.200. The van der Waals surface area contributed by atoms with E-state index in [9.17, 15) is 14.3 Å². The van der Waals surface area contributed by atoms with Gasteiger partial charge in [0.1, 0.15) is 18.6 Å². The van der Waals surface area contributed by atoms with Crippen molar-refractivity contribution in [2.24, 2.45) is 0 Å². The first-order valence-corrected chi connectivity index (χ1v) is 11.3. The molecule has 0 bridgehead atoms. The molecule has 186 valence electrons. The Morgan fingerprint density at radius 2 is 2.08 bits per heavy atom. The van der Waals surface area contributed by atoms with Crippen LogP contribution < -0.4 is 10.6 Å². The molecular weight excluding hydrogens is 477 g/mol. The number of alkyl halides is 1. The van der Waals surface area contributed by atoms with Gasteiger partial charge in [0.15, 0.2) is 5.65 Å². The first-order chi connectivity index (χ1) is 17.7. The molecule has 5 aromatic heterocycles. The Balaban J connectivity index is 1.52. The van der Waals surface area contributed by atoms with Gasteiger partial charge in [0.25, 0.3) is 5.91 Å². The predicted octanol–water partition coefficient (Wildman–Crippen LogP) is 2.89. The van der Waals surface area contributed by atoms with Gasteiger partial charge in [0.2, 0.25) is 0 Å². The maximum Gasteiger partial charge on any atom is 0.255 e. The van der Waals surface area contributed by atoms with Crippen molar-refractivity contribution in [1.82, 2.24) is 34.5 Å². The number of aliphatic hydroxyl groups is 1. The van der Waals surface area contributed by atoms with Gasteiger partial charge >= 0.3 is 0 Å². The van der Waals surface area contributed by atoms with Gasteiger partial charge in [-0.05, 0) is 50.2 Å². The summed E-state index contributed by atoms with van der Waals surface area (Å²) in [6.45, 7) is 2.30. The van der Waals surface area contributed by atoms with Crippen LogP contribution in [0.2, 0.25) is 0 Å². The lowest BCUT2D eigenvalue weighted by atomic mass is 10.0. The van der Waals surface area contributed by atoms with Crippen LogP contribution in [0.3, 0.4) is 0 Å². The summed E-state index contributed by atoms with van der Waals surface area (Å²) in [4.78, 5) is 17.5. The van der Waals surface area contributed by atoms with E-state index in [2.05, 4.69) is 37.0 Å². The summed E-state index contributed by atoms with van der Waals surface area (Å²) >= 11 is 0. The molecule has 0 spiro atoms. The zero-order chi connectivity index (χ0) is 26.2. The number of nitriles is 1. The number of amides is 1. The lowest BCUT2D eigenvalue weighted by Gasteiger charge is -2.22. The third kappa shape index (κ3) is 4.80. The van der Waals surface area contributed by atoms with Crippen molar-refractivity contribution >= 4 is 28.4 Å². The van der Waals surface area contributed by atoms with E-state index in [-0.39, 0.29) is 12.1 Å². The third-order valence-corrected chi connectivity index (χ3v) is 5.82. The van der Waals surface area contributed by atoms with Crippen LogP contribution in [0.1, 0.15) is 29.8 Å². The highest BCUT2D eigenvalue weighted by atomic mass is 19.1. The zero-order valence-electron chi connectivity index (χ0n) is 19.9. The monoisotopic (exact) mass is 499 g/mol. The van der Waals surface area contributed by atoms with Gasteiger partial charge < -0.3 is 15.7 Å². The lowest BCUT2D eigenvalue weighted by molar-refractivity contribution is -0.00177. The van der Waals surface area contributed by atoms with E-state index in [0.29, 0.717) is 39.5 Å². The molecule has 0 aliphatic heterocycles. The molecule has 5 rings (SSSR count). The highest BCUT2D eigenvalue weighted by Crippen LogP contribution is 2.28. The number of hydrogen-bond acceptors (Lipinski definition) is 8. The first kappa shape index (κ1) is 23.8. The Morgan fingerprint density at radius 1 is 1.24 bits per heavy atom. The molecule has 37 heavy (non-hydrogen) atoms. The molecule has 0 aromatic carbocycles. The van der Waals surface area contributed by atoms with Crippen LogP contribution in [-0.4, -0.2) is 58.5 Å². The number of anilines is 2. The molecule has 5 heterocycles. The van der Waals surface area contributed by atoms with Crippen LogP contribution in [-0.2, 0) is 0 Å². The first-order valence-electron chi connectivity index (χ1n) is 11.3. The zero-order valence-corrected chi connectivity index (χ0v) is 19.9. The van der Waals surface area contributed by atoms with Crippen LogP contribution in [0, 0.1) is 11.3 Å². The summed E-state index contributed by atoms with van der Waals surface area (Å²) in [5.41, 5.74) is 2.60. The van der Waals surface area contributed by atoms with Crippen molar-refractivity contribution in [2.45, 2.75) is 25.6 Å². The number of fused-ring (bicyclic) bond motifs is 2. The standard InChI is InChI=1S/C25H22FN9O2/c1-25(2,37)22(26)12-29-24(36)18-11-28-20(21-5-4-17-7-15(9-27)10-31-35(17)21)8-19(18)32-16-3-6-23-33-30-14-34(23)13-16/h3-8,10-11,13-14,22,37H,12H2,1-2H3,(H,28,32)(H,29,36). The van der Waals surface area contributed by atoms with E-state index in [1.165, 1.54) is 26.2 Å². The second kappa shape index (κ2) is 9.29. The van der Waals surface area contributed by atoms with E-state index in [0.717, 1.165) is 0 Å². The highest BCUT2D eigenvalue weighted by molar-refractivity contribution is 6.00. The Hall–Kier alpha value is -4.89. The second-order valence-electron chi connectivity index (χ2n) is 9.00. The number of carbonyl (C=O) groups is 1. The van der Waals surface area contributed by atoms with Crippen molar-refractivity contribution in [2.75, 3.05) is 11.9 Å². The number of hydrogen-bond donors (Lipinski definition) is 3. The molecule has 0 radical (unpaired) electrons. The molecule has 0 fully saturated rings. The topological polar surface area (TPSA) is 146 Å². The molecule has 12 heteroatoms. The molecule has 1 unspecified atom stereocenters. The Labute approximate surface area is 210 Å². The van der Waals surface area contributed by atoms with E-state index in [1.807, 2.05) is 12.1 Å². The van der Waals surface area contributed by atoms with Gasteiger partial charge in [0.05, 0.1) is 57.7 Å². The van der Waals surface area contributed by atoms with Crippen LogP contribution >= 0.6 is 0 Å². The van der Waals surface area contributed by atoms with Crippen molar-refractivity contribution in [3.63, 3.8) is 0 Å². The molecular formula is C25H22FN9O2. The van der Waals surface area contributed by atoms with Crippen LogP contribution in [0.4, 0.5) is 15.8 Å². The van der Waals surface area contributed by atoms with Crippen molar-refractivity contribution in [3.05, 3.63) is 72.4 Å². The highest BCUT2D eigenvalue weighted by Gasteiger charge is 2.27. The minimum absolute atomic E-state index is 0.177. The number of nitrogens with zero attached hydrogens (tertiary/aromatic N) is 7. The summed E-state index contributed by atoms with van der Waals surface area (Å²) in [6, 6.07) is 12.7. The summed E-state index contributed by atoms with van der Waals surface area (Å²) in [5, 5.41) is 37.0.